The largest absolute Gasteiger partial charge is 0.338 e. The molecule has 2 saturated heterocycles. The molecule has 0 saturated carbocycles. The van der Waals surface area contributed by atoms with Crippen molar-refractivity contribution >= 4 is 16.7 Å². The van der Waals surface area contributed by atoms with Crippen molar-refractivity contribution in [2.75, 3.05) is 32.7 Å². The average Bonchev–Trinajstić information content (AvgIpc) is 3.27. The number of piperidine rings is 1. The molecule has 3 nitrogen and oxygen atoms in total. The summed E-state index contributed by atoms with van der Waals surface area (Å²) in [5, 5.41) is 2.12. The fraction of sp³-hybridized carbons (Fsp3) is 0.345. The van der Waals surface area contributed by atoms with Crippen molar-refractivity contribution in [3.05, 3.63) is 96.3 Å². The van der Waals surface area contributed by atoms with Gasteiger partial charge in [0.15, 0.2) is 0 Å². The van der Waals surface area contributed by atoms with E-state index in [0.717, 1.165) is 61.9 Å². The Morgan fingerprint density at radius 3 is 2.45 bits per heavy atom. The molecular formula is C29H31FN2O. The first-order valence-corrected chi connectivity index (χ1v) is 12.0. The second-order valence-corrected chi connectivity index (χ2v) is 9.52. The van der Waals surface area contributed by atoms with E-state index in [1.807, 2.05) is 53.4 Å². The Kier molecular flexibility index (Phi) is 6.28. The fourth-order valence-electron chi connectivity index (χ4n) is 5.62. The molecule has 0 aromatic heterocycles. The minimum atomic E-state index is -0.171. The molecule has 0 spiro atoms. The summed E-state index contributed by atoms with van der Waals surface area (Å²) >= 11 is 0. The highest BCUT2D eigenvalue weighted by Crippen LogP contribution is 2.32. The number of hydrogen-bond acceptors (Lipinski definition) is 2. The van der Waals surface area contributed by atoms with Gasteiger partial charge in [-0.1, -0.05) is 54.6 Å². The van der Waals surface area contributed by atoms with E-state index in [1.165, 1.54) is 5.56 Å². The normalized spacial score (nSPS) is 22.0. The monoisotopic (exact) mass is 442 g/mol. The molecule has 2 atom stereocenters. The predicted octanol–water partition coefficient (Wildman–Crippen LogP) is 5.73. The first-order chi connectivity index (χ1) is 16.1. The standard InChI is InChI=1S/C29H31FN2O/c1-2-21-19-32(29(33)28-9-5-7-24-6-3-4-8-27(24)28)20-25(21)18-31-16-14-23(15-17-31)22-10-12-26(30)13-11-22/h2-13,21,23,25H,1,14-20H2/t21-,25?/m1/s1. The van der Waals surface area contributed by atoms with Crippen LogP contribution in [0.1, 0.15) is 34.7 Å². The van der Waals surface area contributed by atoms with E-state index in [0.29, 0.717) is 17.8 Å². The third kappa shape index (κ3) is 4.58. The highest BCUT2D eigenvalue weighted by atomic mass is 19.1. The quantitative estimate of drug-likeness (QED) is 0.471. The zero-order valence-corrected chi connectivity index (χ0v) is 19.0. The minimum Gasteiger partial charge on any atom is -0.338 e. The Morgan fingerprint density at radius 2 is 1.70 bits per heavy atom. The summed E-state index contributed by atoms with van der Waals surface area (Å²) in [6, 6.07) is 21.1. The van der Waals surface area contributed by atoms with Crippen LogP contribution in [0.15, 0.2) is 79.4 Å². The Hall–Kier alpha value is -2.98. The van der Waals surface area contributed by atoms with Crippen molar-refractivity contribution in [1.29, 1.82) is 0 Å². The number of carbonyl (C=O) groups is 1. The lowest BCUT2D eigenvalue weighted by Crippen LogP contribution is -2.38. The van der Waals surface area contributed by atoms with Gasteiger partial charge in [0.2, 0.25) is 0 Å². The van der Waals surface area contributed by atoms with Gasteiger partial charge in [-0.15, -0.1) is 6.58 Å². The molecule has 1 unspecified atom stereocenters. The lowest BCUT2D eigenvalue weighted by atomic mass is 9.88. The molecule has 33 heavy (non-hydrogen) atoms. The van der Waals surface area contributed by atoms with Gasteiger partial charge in [-0.05, 0) is 78.2 Å². The summed E-state index contributed by atoms with van der Waals surface area (Å²) in [6.45, 7) is 8.66. The van der Waals surface area contributed by atoms with Crippen molar-refractivity contribution in [2.24, 2.45) is 11.8 Å². The van der Waals surface area contributed by atoms with Crippen LogP contribution in [-0.4, -0.2) is 48.4 Å². The van der Waals surface area contributed by atoms with Gasteiger partial charge < -0.3 is 9.80 Å². The maximum absolute atomic E-state index is 13.4. The summed E-state index contributed by atoms with van der Waals surface area (Å²) in [5.41, 5.74) is 2.03. The van der Waals surface area contributed by atoms with E-state index in [1.54, 1.807) is 12.1 Å². The lowest BCUT2D eigenvalue weighted by Gasteiger charge is -2.34. The summed E-state index contributed by atoms with van der Waals surface area (Å²) in [5.74, 6) is 1.18. The van der Waals surface area contributed by atoms with Crippen LogP contribution in [0.2, 0.25) is 0 Å². The molecule has 170 valence electrons. The van der Waals surface area contributed by atoms with Crippen molar-refractivity contribution in [3.8, 4) is 0 Å². The van der Waals surface area contributed by atoms with Crippen molar-refractivity contribution in [3.63, 3.8) is 0 Å². The molecule has 3 aromatic rings. The highest BCUT2D eigenvalue weighted by Gasteiger charge is 2.36. The highest BCUT2D eigenvalue weighted by molar-refractivity contribution is 6.07. The van der Waals surface area contributed by atoms with Gasteiger partial charge in [-0.3, -0.25) is 4.79 Å². The molecule has 2 aliphatic rings. The smallest absolute Gasteiger partial charge is 0.254 e. The molecular weight excluding hydrogens is 411 g/mol. The molecule has 0 N–H and O–H groups in total. The molecule has 0 aliphatic carbocycles. The Morgan fingerprint density at radius 1 is 0.970 bits per heavy atom. The van der Waals surface area contributed by atoms with Gasteiger partial charge in [-0.25, -0.2) is 4.39 Å². The van der Waals surface area contributed by atoms with E-state index in [9.17, 15) is 9.18 Å². The van der Waals surface area contributed by atoms with E-state index in [4.69, 9.17) is 0 Å². The minimum absolute atomic E-state index is 0.121. The molecule has 5 rings (SSSR count). The number of nitrogens with zero attached hydrogens (tertiary/aromatic N) is 2. The number of hydrogen-bond donors (Lipinski definition) is 0. The van der Waals surface area contributed by atoms with E-state index < -0.39 is 0 Å². The second kappa shape index (κ2) is 9.48. The third-order valence-corrected chi connectivity index (χ3v) is 7.52. The van der Waals surface area contributed by atoms with Crippen molar-refractivity contribution in [2.45, 2.75) is 18.8 Å². The number of amides is 1. The van der Waals surface area contributed by atoms with Gasteiger partial charge in [0.1, 0.15) is 5.82 Å². The summed E-state index contributed by atoms with van der Waals surface area (Å²) in [7, 11) is 0. The van der Waals surface area contributed by atoms with Crippen LogP contribution in [0.25, 0.3) is 10.8 Å². The molecule has 3 aromatic carbocycles. The molecule has 0 radical (unpaired) electrons. The van der Waals surface area contributed by atoms with Crippen LogP contribution >= 0.6 is 0 Å². The van der Waals surface area contributed by atoms with Gasteiger partial charge >= 0.3 is 0 Å². The number of halogens is 1. The predicted molar refractivity (Wildman–Crippen MR) is 132 cm³/mol. The van der Waals surface area contributed by atoms with Crippen LogP contribution in [0.5, 0.6) is 0 Å². The summed E-state index contributed by atoms with van der Waals surface area (Å²) in [4.78, 5) is 18.0. The fourth-order valence-corrected chi connectivity index (χ4v) is 5.62. The van der Waals surface area contributed by atoms with Gasteiger partial charge in [-0.2, -0.15) is 0 Å². The van der Waals surface area contributed by atoms with Crippen LogP contribution in [0.3, 0.4) is 0 Å². The molecule has 2 fully saturated rings. The number of fused-ring (bicyclic) bond motifs is 1. The molecule has 2 heterocycles. The van der Waals surface area contributed by atoms with E-state index in [2.05, 4.69) is 23.6 Å². The maximum atomic E-state index is 13.4. The van der Waals surface area contributed by atoms with Crippen molar-refractivity contribution < 1.29 is 9.18 Å². The maximum Gasteiger partial charge on any atom is 0.254 e. The SMILES string of the molecule is C=C[C@@H]1CN(C(=O)c2cccc3ccccc23)CC1CN1CCC(c2ccc(F)cc2)CC1. The number of likely N-dealkylation sites (tertiary alicyclic amines) is 2. The van der Waals surface area contributed by atoms with E-state index >= 15 is 0 Å². The molecule has 4 heteroatoms. The number of carbonyl (C=O) groups excluding carboxylic acids is 1. The Labute approximate surface area is 195 Å². The topological polar surface area (TPSA) is 23.6 Å². The van der Waals surface area contributed by atoms with Gasteiger partial charge in [0, 0.05) is 25.2 Å². The Balaban J connectivity index is 1.22. The van der Waals surface area contributed by atoms with Crippen LogP contribution in [0.4, 0.5) is 4.39 Å². The second-order valence-electron chi connectivity index (χ2n) is 9.52. The molecule has 2 aliphatic heterocycles. The summed E-state index contributed by atoms with van der Waals surface area (Å²) in [6.07, 6.45) is 4.22. The number of rotatable bonds is 5. The summed E-state index contributed by atoms with van der Waals surface area (Å²) < 4.78 is 13.2. The molecule has 1 amide bonds. The zero-order chi connectivity index (χ0) is 22.8. The van der Waals surface area contributed by atoms with Crippen LogP contribution in [-0.2, 0) is 0 Å². The Bertz CT molecular complexity index is 1130. The van der Waals surface area contributed by atoms with Crippen LogP contribution in [0, 0.1) is 17.7 Å². The lowest BCUT2D eigenvalue weighted by molar-refractivity contribution is 0.0783. The first kappa shape index (κ1) is 21.8. The zero-order valence-electron chi connectivity index (χ0n) is 19.0. The van der Waals surface area contributed by atoms with Gasteiger partial charge in [0.25, 0.3) is 5.91 Å². The number of benzene rings is 3. The van der Waals surface area contributed by atoms with Crippen LogP contribution < -0.4 is 0 Å². The van der Waals surface area contributed by atoms with E-state index in [-0.39, 0.29) is 11.7 Å². The van der Waals surface area contributed by atoms with Gasteiger partial charge in [0.05, 0.1) is 0 Å². The molecule has 0 bridgehead atoms. The first-order valence-electron chi connectivity index (χ1n) is 12.0. The van der Waals surface area contributed by atoms with Crippen molar-refractivity contribution in [1.82, 2.24) is 9.80 Å². The third-order valence-electron chi connectivity index (χ3n) is 7.52. The average molecular weight is 443 g/mol.